The summed E-state index contributed by atoms with van der Waals surface area (Å²) >= 11 is 3.55. The van der Waals surface area contributed by atoms with Crippen molar-refractivity contribution in [3.05, 3.63) is 34.3 Å². The van der Waals surface area contributed by atoms with Gasteiger partial charge in [-0.15, -0.1) is 0 Å². The van der Waals surface area contributed by atoms with E-state index in [0.717, 1.165) is 26.2 Å². The molecule has 1 unspecified atom stereocenters. The Bertz CT molecular complexity index is 334. The molecule has 1 saturated heterocycles. The van der Waals surface area contributed by atoms with Gasteiger partial charge in [-0.2, -0.15) is 0 Å². The van der Waals surface area contributed by atoms with Gasteiger partial charge in [0, 0.05) is 23.2 Å². The highest BCUT2D eigenvalue weighted by Crippen LogP contribution is 2.20. The lowest BCUT2D eigenvalue weighted by molar-refractivity contribution is 0.171. The lowest BCUT2D eigenvalue weighted by Gasteiger charge is -2.23. The third-order valence-electron chi connectivity index (χ3n) is 2.88. The fourth-order valence-corrected chi connectivity index (χ4v) is 2.18. The summed E-state index contributed by atoms with van der Waals surface area (Å²) in [6, 6.07) is 8.31. The van der Waals surface area contributed by atoms with Crippen molar-refractivity contribution in [2.24, 2.45) is 0 Å². The molecule has 1 atom stereocenters. The van der Waals surface area contributed by atoms with Crippen LogP contribution in [0, 0.1) is 0 Å². The molecule has 1 aliphatic heterocycles. The molecule has 0 aromatic heterocycles. The first kappa shape index (κ1) is 11.1. The molecule has 82 valence electrons. The van der Waals surface area contributed by atoms with Gasteiger partial charge in [0.2, 0.25) is 0 Å². The van der Waals surface area contributed by atoms with Gasteiger partial charge in [-0.05, 0) is 25.0 Å². The molecule has 0 amide bonds. The zero-order valence-corrected chi connectivity index (χ0v) is 10.5. The highest BCUT2D eigenvalue weighted by atomic mass is 79.9. The van der Waals surface area contributed by atoms with Gasteiger partial charge in [0.15, 0.2) is 0 Å². The maximum atomic E-state index is 5.40. The smallest absolute Gasteiger partial charge is 0.0646 e. The van der Waals surface area contributed by atoms with Crippen LogP contribution >= 0.6 is 15.9 Å². The first-order valence-corrected chi connectivity index (χ1v) is 6.05. The molecule has 0 radical (unpaired) electrons. The molecule has 1 aliphatic rings. The summed E-state index contributed by atoms with van der Waals surface area (Å²) in [7, 11) is 0. The van der Waals surface area contributed by atoms with Crippen LogP contribution in [0.4, 0.5) is 0 Å². The van der Waals surface area contributed by atoms with Crippen molar-refractivity contribution in [1.82, 2.24) is 5.32 Å². The van der Waals surface area contributed by atoms with Crippen molar-refractivity contribution in [3.8, 4) is 0 Å². The van der Waals surface area contributed by atoms with E-state index in [-0.39, 0.29) is 5.54 Å². The molecule has 15 heavy (non-hydrogen) atoms. The van der Waals surface area contributed by atoms with Crippen LogP contribution in [0.2, 0.25) is 0 Å². The molecule has 1 N–H and O–H groups in total. The van der Waals surface area contributed by atoms with E-state index in [1.807, 2.05) is 6.07 Å². The molecule has 1 aromatic rings. The van der Waals surface area contributed by atoms with Crippen LogP contribution < -0.4 is 5.32 Å². The predicted octanol–water partition coefficient (Wildman–Crippen LogP) is 2.72. The normalized spacial score (nSPS) is 25.7. The van der Waals surface area contributed by atoms with Crippen LogP contribution in [0.3, 0.4) is 0 Å². The van der Waals surface area contributed by atoms with Crippen LogP contribution in [0.25, 0.3) is 0 Å². The fourth-order valence-electron chi connectivity index (χ4n) is 1.76. The molecule has 0 aliphatic carbocycles. The number of ether oxygens (including phenoxy) is 1. The van der Waals surface area contributed by atoms with Crippen molar-refractivity contribution in [2.75, 3.05) is 13.2 Å². The number of benzene rings is 1. The second-order valence-corrected chi connectivity index (χ2v) is 5.16. The third kappa shape index (κ3) is 2.80. The predicted molar refractivity (Wildman–Crippen MR) is 64.8 cm³/mol. The third-order valence-corrected chi connectivity index (χ3v) is 3.66. The van der Waals surface area contributed by atoms with Crippen LogP contribution in [-0.4, -0.2) is 18.8 Å². The fraction of sp³-hybridized carbons (Fsp3) is 0.500. The number of halogens is 1. The minimum atomic E-state index is 0.148. The minimum Gasteiger partial charge on any atom is -0.379 e. The Morgan fingerprint density at radius 2 is 2.27 bits per heavy atom. The average molecular weight is 270 g/mol. The summed E-state index contributed by atoms with van der Waals surface area (Å²) in [4.78, 5) is 0. The quantitative estimate of drug-likeness (QED) is 0.911. The maximum absolute atomic E-state index is 5.40. The van der Waals surface area contributed by atoms with Crippen LogP contribution in [0.15, 0.2) is 28.7 Å². The molecule has 1 aromatic carbocycles. The van der Waals surface area contributed by atoms with Crippen LogP contribution in [-0.2, 0) is 11.3 Å². The topological polar surface area (TPSA) is 21.3 Å². The second-order valence-electron chi connectivity index (χ2n) is 4.31. The van der Waals surface area contributed by atoms with Gasteiger partial charge < -0.3 is 10.1 Å². The van der Waals surface area contributed by atoms with E-state index in [1.165, 1.54) is 10.0 Å². The van der Waals surface area contributed by atoms with Crippen LogP contribution in [0.1, 0.15) is 18.9 Å². The zero-order valence-electron chi connectivity index (χ0n) is 8.92. The van der Waals surface area contributed by atoms with Gasteiger partial charge in [0.25, 0.3) is 0 Å². The summed E-state index contributed by atoms with van der Waals surface area (Å²) in [6.07, 6.45) is 1.09. The SMILES string of the molecule is CC1(NCc2ccccc2Br)CCOC1. The van der Waals surface area contributed by atoms with E-state index in [0.29, 0.717) is 0 Å². The zero-order chi connectivity index (χ0) is 10.7. The first-order chi connectivity index (χ1) is 7.20. The molecule has 2 nitrogen and oxygen atoms in total. The van der Waals surface area contributed by atoms with Crippen molar-refractivity contribution in [1.29, 1.82) is 0 Å². The minimum absolute atomic E-state index is 0.148. The molecule has 0 bridgehead atoms. The van der Waals surface area contributed by atoms with E-state index < -0.39 is 0 Å². The molecular weight excluding hydrogens is 254 g/mol. The van der Waals surface area contributed by atoms with E-state index in [9.17, 15) is 0 Å². The highest BCUT2D eigenvalue weighted by molar-refractivity contribution is 9.10. The standard InChI is InChI=1S/C12H16BrNO/c1-12(6-7-15-9-12)14-8-10-4-2-3-5-11(10)13/h2-5,14H,6-9H2,1H3. The molecular formula is C12H16BrNO. The number of rotatable bonds is 3. The van der Waals surface area contributed by atoms with Gasteiger partial charge in [0.05, 0.1) is 6.61 Å². The van der Waals surface area contributed by atoms with E-state index in [1.54, 1.807) is 0 Å². The molecule has 2 rings (SSSR count). The molecule has 1 fully saturated rings. The van der Waals surface area contributed by atoms with Gasteiger partial charge in [-0.1, -0.05) is 34.1 Å². The van der Waals surface area contributed by atoms with Gasteiger partial charge in [-0.3, -0.25) is 0 Å². The molecule has 0 spiro atoms. The van der Waals surface area contributed by atoms with Gasteiger partial charge >= 0.3 is 0 Å². The second kappa shape index (κ2) is 4.64. The van der Waals surface area contributed by atoms with Gasteiger partial charge in [0.1, 0.15) is 0 Å². The van der Waals surface area contributed by atoms with Crippen LogP contribution in [0.5, 0.6) is 0 Å². The Labute approximate surface area is 99.1 Å². The Hall–Kier alpha value is -0.380. The lowest BCUT2D eigenvalue weighted by Crippen LogP contribution is -2.42. The summed E-state index contributed by atoms with van der Waals surface area (Å²) in [6.45, 7) is 4.80. The summed E-state index contributed by atoms with van der Waals surface area (Å²) in [5, 5.41) is 3.56. The van der Waals surface area contributed by atoms with Crippen molar-refractivity contribution < 1.29 is 4.74 Å². The number of hydrogen-bond donors (Lipinski definition) is 1. The first-order valence-electron chi connectivity index (χ1n) is 5.26. The maximum Gasteiger partial charge on any atom is 0.0646 e. The number of nitrogens with one attached hydrogen (secondary N) is 1. The van der Waals surface area contributed by atoms with Gasteiger partial charge in [-0.25, -0.2) is 0 Å². The van der Waals surface area contributed by atoms with E-state index in [2.05, 4.69) is 46.4 Å². The lowest BCUT2D eigenvalue weighted by atomic mass is 10.0. The summed E-state index contributed by atoms with van der Waals surface area (Å²) in [5.74, 6) is 0. The Morgan fingerprint density at radius 1 is 1.47 bits per heavy atom. The Balaban J connectivity index is 1.95. The number of hydrogen-bond acceptors (Lipinski definition) is 2. The van der Waals surface area contributed by atoms with Crippen molar-refractivity contribution in [3.63, 3.8) is 0 Å². The molecule has 1 heterocycles. The average Bonchev–Trinajstić information content (AvgIpc) is 2.65. The largest absolute Gasteiger partial charge is 0.379 e. The van der Waals surface area contributed by atoms with E-state index >= 15 is 0 Å². The summed E-state index contributed by atoms with van der Waals surface area (Å²) < 4.78 is 6.57. The van der Waals surface area contributed by atoms with Crippen molar-refractivity contribution >= 4 is 15.9 Å². The summed E-state index contributed by atoms with van der Waals surface area (Å²) in [5.41, 5.74) is 1.44. The van der Waals surface area contributed by atoms with E-state index in [4.69, 9.17) is 4.74 Å². The monoisotopic (exact) mass is 269 g/mol. The highest BCUT2D eigenvalue weighted by Gasteiger charge is 2.28. The molecule has 3 heteroatoms. The molecule has 0 saturated carbocycles. The van der Waals surface area contributed by atoms with Crippen molar-refractivity contribution in [2.45, 2.75) is 25.4 Å². The Kier molecular flexibility index (Phi) is 3.44. The Morgan fingerprint density at radius 3 is 2.93 bits per heavy atom.